The molecule has 0 aliphatic carbocycles. The maximum absolute atomic E-state index is 5.72. The first-order chi connectivity index (χ1) is 10.2. The van der Waals surface area contributed by atoms with Gasteiger partial charge in [0.2, 0.25) is 0 Å². The van der Waals surface area contributed by atoms with Crippen LogP contribution < -0.4 is 0 Å². The molecule has 126 valence electrons. The molecule has 0 aromatic heterocycles. The summed E-state index contributed by atoms with van der Waals surface area (Å²) in [5, 5.41) is 0.289. The zero-order chi connectivity index (χ0) is 15.6. The molecule has 0 aromatic rings. The second kappa shape index (κ2) is 11.0. The molecule has 7 heteroatoms. The van der Waals surface area contributed by atoms with Crippen molar-refractivity contribution in [2.24, 2.45) is 0 Å². The molecule has 0 bridgehead atoms. The smallest absolute Gasteiger partial charge is 0.380 e. The number of ether oxygens (including phenoxy) is 1. The van der Waals surface area contributed by atoms with Crippen LogP contribution in [0.4, 0.5) is 0 Å². The van der Waals surface area contributed by atoms with Crippen molar-refractivity contribution < 1.29 is 18.0 Å². The monoisotopic (exact) mass is 337 g/mol. The van der Waals surface area contributed by atoms with E-state index in [1.165, 1.54) is 32.4 Å². The van der Waals surface area contributed by atoms with Gasteiger partial charge >= 0.3 is 8.80 Å². The Bertz CT molecular complexity index is 255. The summed E-state index contributed by atoms with van der Waals surface area (Å²) in [6, 6.07) is 0.778. The second-order valence-corrected chi connectivity index (χ2v) is 9.31. The van der Waals surface area contributed by atoms with Crippen LogP contribution >= 0.6 is 12.6 Å². The van der Waals surface area contributed by atoms with Crippen LogP contribution in [0.25, 0.3) is 0 Å². The van der Waals surface area contributed by atoms with Gasteiger partial charge in [-0.25, -0.2) is 0 Å². The van der Waals surface area contributed by atoms with Gasteiger partial charge in [-0.3, -0.25) is 0 Å². The summed E-state index contributed by atoms with van der Waals surface area (Å²) in [5.74, 6) is 0. The number of thiol groups is 1. The molecule has 0 saturated carbocycles. The highest BCUT2D eigenvalue weighted by Crippen LogP contribution is 2.15. The molecule has 1 heterocycles. The van der Waals surface area contributed by atoms with Crippen molar-refractivity contribution in [3.63, 3.8) is 0 Å². The van der Waals surface area contributed by atoms with Crippen LogP contribution in [-0.4, -0.2) is 73.1 Å². The minimum Gasteiger partial charge on any atom is -0.380 e. The van der Waals surface area contributed by atoms with Crippen molar-refractivity contribution in [3.05, 3.63) is 0 Å². The van der Waals surface area contributed by atoms with Gasteiger partial charge in [-0.05, 0) is 32.4 Å². The van der Waals surface area contributed by atoms with Crippen molar-refractivity contribution in [2.45, 2.75) is 37.0 Å². The summed E-state index contributed by atoms with van der Waals surface area (Å²) in [4.78, 5) is 2.49. The highest BCUT2D eigenvalue weighted by atomic mass is 32.1. The van der Waals surface area contributed by atoms with Crippen LogP contribution in [0.5, 0.6) is 0 Å². The van der Waals surface area contributed by atoms with Crippen LogP contribution in [0.15, 0.2) is 0 Å². The second-order valence-electron chi connectivity index (χ2n) is 5.49. The van der Waals surface area contributed by atoms with E-state index in [0.717, 1.165) is 19.0 Å². The number of rotatable bonds is 11. The number of piperidine rings is 1. The van der Waals surface area contributed by atoms with Crippen molar-refractivity contribution in [1.29, 1.82) is 0 Å². The molecule has 0 spiro atoms. The van der Waals surface area contributed by atoms with E-state index in [1.54, 1.807) is 21.3 Å². The van der Waals surface area contributed by atoms with Crippen molar-refractivity contribution in [3.8, 4) is 0 Å². The van der Waals surface area contributed by atoms with E-state index in [1.807, 2.05) is 0 Å². The lowest BCUT2D eigenvalue weighted by molar-refractivity contribution is 0.103. The molecule has 0 amide bonds. The number of hydrogen-bond acceptors (Lipinski definition) is 6. The van der Waals surface area contributed by atoms with Crippen LogP contribution in [-0.2, 0) is 18.0 Å². The third kappa shape index (κ3) is 7.45. The molecule has 1 rings (SSSR count). The lowest BCUT2D eigenvalue weighted by Crippen LogP contribution is -2.42. The largest absolute Gasteiger partial charge is 0.500 e. The Balaban J connectivity index is 2.07. The molecule has 5 nitrogen and oxygen atoms in total. The fourth-order valence-corrected chi connectivity index (χ4v) is 4.69. The van der Waals surface area contributed by atoms with Gasteiger partial charge in [0.1, 0.15) is 0 Å². The van der Waals surface area contributed by atoms with Gasteiger partial charge in [0.15, 0.2) is 0 Å². The van der Waals surface area contributed by atoms with Crippen molar-refractivity contribution >= 4 is 21.4 Å². The number of nitrogens with zero attached hydrogens (tertiary/aromatic N) is 1. The molecule has 1 aliphatic rings. The molecule has 21 heavy (non-hydrogen) atoms. The summed E-state index contributed by atoms with van der Waals surface area (Å²) in [6.07, 6.45) is 4.89. The van der Waals surface area contributed by atoms with Crippen LogP contribution in [0.3, 0.4) is 0 Å². The van der Waals surface area contributed by atoms with Gasteiger partial charge in [-0.1, -0.05) is 6.42 Å². The molecule has 0 N–H and O–H groups in total. The summed E-state index contributed by atoms with van der Waals surface area (Å²) < 4.78 is 21.9. The van der Waals surface area contributed by atoms with Gasteiger partial charge in [0, 0.05) is 45.8 Å². The highest BCUT2D eigenvalue weighted by molar-refractivity contribution is 7.81. The fourth-order valence-electron chi connectivity index (χ4n) is 2.66. The third-order valence-corrected chi connectivity index (χ3v) is 7.08. The maximum Gasteiger partial charge on any atom is 0.500 e. The first-order valence-corrected chi connectivity index (χ1v) is 10.2. The predicted octanol–water partition coefficient (Wildman–Crippen LogP) is 2.06. The van der Waals surface area contributed by atoms with E-state index in [0.29, 0.717) is 13.2 Å². The van der Waals surface area contributed by atoms with E-state index < -0.39 is 8.80 Å². The average molecular weight is 338 g/mol. The number of likely N-dealkylation sites (tertiary alicyclic amines) is 1. The van der Waals surface area contributed by atoms with E-state index >= 15 is 0 Å². The van der Waals surface area contributed by atoms with Gasteiger partial charge in [0.25, 0.3) is 0 Å². The Morgan fingerprint density at radius 1 is 1.05 bits per heavy atom. The predicted molar refractivity (Wildman–Crippen MR) is 90.1 cm³/mol. The molecule has 0 radical (unpaired) electrons. The quantitative estimate of drug-likeness (QED) is 0.355. The molecule has 1 atom stereocenters. The Labute approximate surface area is 136 Å². The lowest BCUT2D eigenvalue weighted by Gasteiger charge is -2.28. The SMILES string of the molecule is CO[Si](CCCOCC(S)CN1CCCCC1)(OC)OC. The Morgan fingerprint density at radius 2 is 1.67 bits per heavy atom. The molecule has 1 saturated heterocycles. The Hall–Kier alpha value is 0.367. The highest BCUT2D eigenvalue weighted by Gasteiger charge is 2.36. The van der Waals surface area contributed by atoms with E-state index in [-0.39, 0.29) is 5.25 Å². The molecule has 1 fully saturated rings. The molecular formula is C14H31NO4SSi. The van der Waals surface area contributed by atoms with Crippen molar-refractivity contribution in [1.82, 2.24) is 4.90 Å². The summed E-state index contributed by atoms with van der Waals surface area (Å²) in [7, 11) is 2.49. The van der Waals surface area contributed by atoms with Crippen LogP contribution in [0.1, 0.15) is 25.7 Å². The fraction of sp³-hybridized carbons (Fsp3) is 1.00. The van der Waals surface area contributed by atoms with Gasteiger partial charge < -0.3 is 22.9 Å². The average Bonchev–Trinajstić information content (AvgIpc) is 2.52. The Kier molecular flexibility index (Phi) is 10.2. The topological polar surface area (TPSA) is 40.2 Å². The minimum atomic E-state index is -2.44. The normalized spacial score (nSPS) is 18.9. The standard InChI is InChI=1S/C14H31NO4SSi/c1-16-21(17-2,18-3)11-7-10-19-13-14(20)12-15-8-5-4-6-9-15/h14,20H,4-13H2,1-3H3. The van der Waals surface area contributed by atoms with Gasteiger partial charge in [0.05, 0.1) is 6.61 Å². The summed E-state index contributed by atoms with van der Waals surface area (Å²) >= 11 is 4.62. The number of hydrogen-bond donors (Lipinski definition) is 1. The van der Waals surface area contributed by atoms with Crippen LogP contribution in [0.2, 0.25) is 6.04 Å². The van der Waals surface area contributed by atoms with E-state index in [4.69, 9.17) is 18.0 Å². The molecule has 1 unspecified atom stereocenters. The molecule has 1 aliphatic heterocycles. The Morgan fingerprint density at radius 3 is 2.24 bits per heavy atom. The van der Waals surface area contributed by atoms with Crippen molar-refractivity contribution in [2.75, 3.05) is 54.2 Å². The molecular weight excluding hydrogens is 306 g/mol. The van der Waals surface area contributed by atoms with Crippen LogP contribution in [0, 0.1) is 0 Å². The van der Waals surface area contributed by atoms with Gasteiger partial charge in [-0.2, -0.15) is 12.6 Å². The minimum absolute atomic E-state index is 0.289. The van der Waals surface area contributed by atoms with E-state index in [9.17, 15) is 0 Å². The van der Waals surface area contributed by atoms with Gasteiger partial charge in [-0.15, -0.1) is 0 Å². The zero-order valence-electron chi connectivity index (χ0n) is 13.7. The summed E-state index contributed by atoms with van der Waals surface area (Å²) in [5.41, 5.74) is 0. The third-order valence-electron chi connectivity index (χ3n) is 3.93. The van der Waals surface area contributed by atoms with E-state index in [2.05, 4.69) is 17.5 Å². The summed E-state index contributed by atoms with van der Waals surface area (Å²) in [6.45, 7) is 4.83. The zero-order valence-corrected chi connectivity index (χ0v) is 15.6. The first-order valence-electron chi connectivity index (χ1n) is 7.79. The maximum atomic E-state index is 5.72. The first kappa shape index (κ1) is 19.4. The lowest BCUT2D eigenvalue weighted by atomic mass is 10.1. The molecule has 0 aromatic carbocycles.